The summed E-state index contributed by atoms with van der Waals surface area (Å²) in [6.45, 7) is 4.43. The SMILES string of the molecule is CC[C@H](Oc1ccc(N(C)S(C)(=O)=O)cc1)C(=O)NCCCN1CCc2ccccc21. The van der Waals surface area contributed by atoms with Gasteiger partial charge < -0.3 is 15.0 Å². The first-order chi connectivity index (χ1) is 14.8. The number of rotatable bonds is 10. The van der Waals surface area contributed by atoms with Crippen molar-refractivity contribution in [3.05, 3.63) is 54.1 Å². The first kappa shape index (κ1) is 22.9. The molecule has 0 aromatic heterocycles. The maximum Gasteiger partial charge on any atom is 0.261 e. The molecule has 1 atom stereocenters. The van der Waals surface area contributed by atoms with E-state index >= 15 is 0 Å². The molecule has 8 heteroatoms. The zero-order valence-corrected chi connectivity index (χ0v) is 19.2. The van der Waals surface area contributed by atoms with Crippen LogP contribution in [0, 0.1) is 0 Å². The van der Waals surface area contributed by atoms with Gasteiger partial charge in [-0.25, -0.2) is 8.42 Å². The van der Waals surface area contributed by atoms with E-state index in [4.69, 9.17) is 4.74 Å². The molecule has 0 fully saturated rings. The van der Waals surface area contributed by atoms with E-state index in [9.17, 15) is 13.2 Å². The summed E-state index contributed by atoms with van der Waals surface area (Å²) >= 11 is 0. The highest BCUT2D eigenvalue weighted by atomic mass is 32.2. The van der Waals surface area contributed by atoms with Gasteiger partial charge in [0.15, 0.2) is 6.10 Å². The Morgan fingerprint density at radius 3 is 2.58 bits per heavy atom. The second kappa shape index (κ2) is 10.0. The lowest BCUT2D eigenvalue weighted by molar-refractivity contribution is -0.128. The molecule has 1 N–H and O–H groups in total. The molecule has 3 rings (SSSR count). The van der Waals surface area contributed by atoms with Crippen molar-refractivity contribution in [3.63, 3.8) is 0 Å². The number of amides is 1. The summed E-state index contributed by atoms with van der Waals surface area (Å²) in [6, 6.07) is 15.1. The summed E-state index contributed by atoms with van der Waals surface area (Å²) in [7, 11) is -1.83. The largest absolute Gasteiger partial charge is 0.481 e. The fourth-order valence-corrected chi connectivity index (χ4v) is 4.15. The lowest BCUT2D eigenvalue weighted by Crippen LogP contribution is -2.39. The van der Waals surface area contributed by atoms with Crippen LogP contribution in [-0.2, 0) is 21.2 Å². The molecule has 0 bridgehead atoms. The smallest absolute Gasteiger partial charge is 0.261 e. The average molecular weight is 446 g/mol. The standard InChI is InChI=1S/C23H31N3O4S/c1-4-22(30-20-12-10-19(11-13-20)25(2)31(3,28)29)23(27)24-15-7-16-26-17-14-18-8-5-6-9-21(18)26/h5-6,8-13,22H,4,7,14-17H2,1-3H3,(H,24,27)/t22-/m0/s1. The Bertz CT molecular complexity index is 992. The minimum Gasteiger partial charge on any atom is -0.481 e. The molecule has 168 valence electrons. The quantitative estimate of drug-likeness (QED) is 0.569. The highest BCUT2D eigenvalue weighted by Gasteiger charge is 2.20. The summed E-state index contributed by atoms with van der Waals surface area (Å²) in [5.74, 6) is 0.392. The lowest BCUT2D eigenvalue weighted by Gasteiger charge is -2.21. The van der Waals surface area contributed by atoms with Crippen LogP contribution in [0.3, 0.4) is 0 Å². The molecule has 0 saturated carbocycles. The van der Waals surface area contributed by atoms with Crippen molar-refractivity contribution in [3.8, 4) is 5.75 Å². The number of para-hydroxylation sites is 1. The molecule has 7 nitrogen and oxygen atoms in total. The van der Waals surface area contributed by atoms with Crippen LogP contribution in [0.2, 0.25) is 0 Å². The summed E-state index contributed by atoms with van der Waals surface area (Å²) in [5.41, 5.74) is 3.23. The summed E-state index contributed by atoms with van der Waals surface area (Å²) < 4.78 is 30.3. The molecule has 2 aromatic rings. The van der Waals surface area contributed by atoms with Crippen LogP contribution in [-0.4, -0.2) is 53.4 Å². The Kier molecular flexibility index (Phi) is 7.43. The first-order valence-corrected chi connectivity index (χ1v) is 12.5. The first-order valence-electron chi connectivity index (χ1n) is 10.6. The van der Waals surface area contributed by atoms with Gasteiger partial charge in [0, 0.05) is 32.4 Å². The third-order valence-corrected chi connectivity index (χ3v) is 6.73. The Balaban J connectivity index is 1.46. The predicted molar refractivity (Wildman–Crippen MR) is 124 cm³/mol. The maximum absolute atomic E-state index is 12.5. The number of benzene rings is 2. The van der Waals surface area contributed by atoms with E-state index < -0.39 is 16.1 Å². The van der Waals surface area contributed by atoms with Crippen molar-refractivity contribution in [2.75, 3.05) is 42.1 Å². The average Bonchev–Trinajstić information content (AvgIpc) is 3.17. The molecular formula is C23H31N3O4S. The van der Waals surface area contributed by atoms with Gasteiger partial charge in [0.1, 0.15) is 5.75 Å². The number of sulfonamides is 1. The van der Waals surface area contributed by atoms with Crippen LogP contribution in [0.4, 0.5) is 11.4 Å². The second-order valence-corrected chi connectivity index (χ2v) is 9.76. The minimum absolute atomic E-state index is 0.137. The van der Waals surface area contributed by atoms with Gasteiger partial charge >= 0.3 is 0 Å². The molecule has 0 aliphatic carbocycles. The zero-order chi connectivity index (χ0) is 22.4. The van der Waals surface area contributed by atoms with Gasteiger partial charge in [-0.05, 0) is 55.2 Å². The van der Waals surface area contributed by atoms with Crippen molar-refractivity contribution < 1.29 is 17.9 Å². The van der Waals surface area contributed by atoms with E-state index in [2.05, 4.69) is 34.5 Å². The number of nitrogens with zero attached hydrogens (tertiary/aromatic N) is 2. The molecule has 0 saturated heterocycles. The van der Waals surface area contributed by atoms with Crippen molar-refractivity contribution in [1.29, 1.82) is 0 Å². The molecule has 1 aliphatic rings. The molecule has 0 spiro atoms. The maximum atomic E-state index is 12.5. The highest BCUT2D eigenvalue weighted by Crippen LogP contribution is 2.27. The second-order valence-electron chi connectivity index (χ2n) is 7.75. The monoisotopic (exact) mass is 445 g/mol. The molecule has 1 amide bonds. The number of ether oxygens (including phenoxy) is 1. The number of fused-ring (bicyclic) bond motifs is 1. The Morgan fingerprint density at radius 2 is 1.90 bits per heavy atom. The molecule has 31 heavy (non-hydrogen) atoms. The van der Waals surface area contributed by atoms with Crippen LogP contribution < -0.4 is 19.3 Å². The highest BCUT2D eigenvalue weighted by molar-refractivity contribution is 7.92. The summed E-state index contributed by atoms with van der Waals surface area (Å²) in [4.78, 5) is 14.9. The number of hydrogen-bond donors (Lipinski definition) is 1. The van der Waals surface area contributed by atoms with E-state index in [1.807, 2.05) is 6.92 Å². The van der Waals surface area contributed by atoms with Gasteiger partial charge in [-0.15, -0.1) is 0 Å². The predicted octanol–water partition coefficient (Wildman–Crippen LogP) is 2.81. The van der Waals surface area contributed by atoms with E-state index in [0.717, 1.165) is 32.2 Å². The zero-order valence-electron chi connectivity index (χ0n) is 18.4. The van der Waals surface area contributed by atoms with Gasteiger partial charge in [-0.3, -0.25) is 9.10 Å². The van der Waals surface area contributed by atoms with Crippen LogP contribution in [0.1, 0.15) is 25.3 Å². The van der Waals surface area contributed by atoms with Gasteiger partial charge in [0.05, 0.1) is 11.9 Å². The van der Waals surface area contributed by atoms with E-state index in [1.54, 1.807) is 24.3 Å². The van der Waals surface area contributed by atoms with Crippen LogP contribution in [0.15, 0.2) is 48.5 Å². The number of carbonyl (C=O) groups excluding carboxylic acids is 1. The van der Waals surface area contributed by atoms with Crippen molar-refractivity contribution in [2.45, 2.75) is 32.3 Å². The molecule has 0 radical (unpaired) electrons. The molecular weight excluding hydrogens is 414 g/mol. The Labute approximate surface area is 185 Å². The van der Waals surface area contributed by atoms with Gasteiger partial charge in [0.25, 0.3) is 5.91 Å². The third-order valence-electron chi connectivity index (χ3n) is 5.53. The Hall–Kier alpha value is -2.74. The minimum atomic E-state index is -3.32. The van der Waals surface area contributed by atoms with E-state index in [1.165, 1.54) is 22.6 Å². The molecule has 1 aliphatic heterocycles. The number of hydrogen-bond acceptors (Lipinski definition) is 5. The van der Waals surface area contributed by atoms with E-state index in [-0.39, 0.29) is 5.91 Å². The third kappa shape index (κ3) is 5.91. The number of nitrogens with one attached hydrogen (secondary N) is 1. The normalized spacial score (nSPS) is 14.1. The fraction of sp³-hybridized carbons (Fsp3) is 0.435. The summed E-state index contributed by atoms with van der Waals surface area (Å²) in [5, 5.41) is 2.97. The van der Waals surface area contributed by atoms with Crippen LogP contribution in [0.25, 0.3) is 0 Å². The topological polar surface area (TPSA) is 78.9 Å². The molecule has 1 heterocycles. The van der Waals surface area contributed by atoms with Crippen LogP contribution >= 0.6 is 0 Å². The van der Waals surface area contributed by atoms with Gasteiger partial charge in [-0.2, -0.15) is 0 Å². The summed E-state index contributed by atoms with van der Waals surface area (Å²) in [6.07, 6.45) is 3.04. The number of carbonyl (C=O) groups is 1. The molecule has 0 unspecified atom stereocenters. The number of anilines is 2. The van der Waals surface area contributed by atoms with Crippen LogP contribution in [0.5, 0.6) is 5.75 Å². The van der Waals surface area contributed by atoms with Crippen molar-refractivity contribution in [1.82, 2.24) is 5.32 Å². The van der Waals surface area contributed by atoms with Crippen molar-refractivity contribution in [2.24, 2.45) is 0 Å². The van der Waals surface area contributed by atoms with Gasteiger partial charge in [0.2, 0.25) is 10.0 Å². The fourth-order valence-electron chi connectivity index (χ4n) is 3.65. The van der Waals surface area contributed by atoms with Crippen molar-refractivity contribution >= 4 is 27.3 Å². The lowest BCUT2D eigenvalue weighted by atomic mass is 10.2. The van der Waals surface area contributed by atoms with E-state index in [0.29, 0.717) is 24.4 Å². The molecule has 2 aromatic carbocycles. The van der Waals surface area contributed by atoms with Gasteiger partial charge in [-0.1, -0.05) is 25.1 Å². The Morgan fingerprint density at radius 1 is 1.19 bits per heavy atom.